The molecule has 3 aliphatic rings. The summed E-state index contributed by atoms with van der Waals surface area (Å²) in [7, 11) is 0. The van der Waals surface area contributed by atoms with E-state index in [1.807, 2.05) is 0 Å². The Hall–Kier alpha value is -1.78. The number of hydrogen-bond donors (Lipinski definition) is 1. The number of hydrogen-bond acceptors (Lipinski definition) is 4. The summed E-state index contributed by atoms with van der Waals surface area (Å²) in [5, 5.41) is 18.4. The second-order valence-corrected chi connectivity index (χ2v) is 9.44. The number of aliphatic hydroxyl groups excluding tert-OH is 1. The molecular formula is C21H30N4O2. The predicted octanol–water partition coefficient (Wildman–Crippen LogP) is 4.70. The van der Waals surface area contributed by atoms with Gasteiger partial charge in [0.05, 0.1) is 5.69 Å². The van der Waals surface area contributed by atoms with E-state index in [1.165, 1.54) is 11.1 Å². The molecule has 0 unspecified atom stereocenters. The summed E-state index contributed by atoms with van der Waals surface area (Å²) in [6.45, 7) is 9.75. The van der Waals surface area contributed by atoms with E-state index in [-0.39, 0.29) is 23.4 Å². The van der Waals surface area contributed by atoms with Gasteiger partial charge >= 0.3 is 0 Å². The van der Waals surface area contributed by atoms with Crippen LogP contribution in [0.15, 0.2) is 28.1 Å². The van der Waals surface area contributed by atoms with Crippen LogP contribution in [0.3, 0.4) is 0 Å². The van der Waals surface area contributed by atoms with E-state index in [0.717, 1.165) is 44.2 Å². The van der Waals surface area contributed by atoms with Gasteiger partial charge in [0, 0.05) is 23.6 Å². The third-order valence-electron chi connectivity index (χ3n) is 8.49. The molecule has 2 fully saturated rings. The van der Waals surface area contributed by atoms with Gasteiger partial charge in [-0.25, -0.2) is 0 Å². The lowest BCUT2D eigenvalue weighted by Gasteiger charge is -2.55. The lowest BCUT2D eigenvalue weighted by molar-refractivity contribution is -0.0535. The van der Waals surface area contributed by atoms with Gasteiger partial charge in [-0.2, -0.15) is 0 Å². The first-order valence-electron chi connectivity index (χ1n) is 10.2. The van der Waals surface area contributed by atoms with Crippen molar-refractivity contribution < 1.29 is 9.63 Å². The largest absolute Gasteiger partial charge is 0.396 e. The monoisotopic (exact) mass is 370 g/mol. The smallest absolute Gasteiger partial charge is 0.127 e. The Balaban J connectivity index is 1.72. The van der Waals surface area contributed by atoms with Crippen molar-refractivity contribution in [2.24, 2.45) is 39.6 Å². The van der Waals surface area contributed by atoms with Crippen molar-refractivity contribution in [1.82, 2.24) is 5.16 Å². The summed E-state index contributed by atoms with van der Waals surface area (Å²) in [6, 6.07) is 0. The number of azide groups is 1. The molecule has 1 heterocycles. The molecule has 0 aliphatic heterocycles. The molecule has 2 saturated carbocycles. The summed E-state index contributed by atoms with van der Waals surface area (Å²) >= 11 is 0. The van der Waals surface area contributed by atoms with Crippen molar-refractivity contribution in [3.8, 4) is 0 Å². The van der Waals surface area contributed by atoms with Gasteiger partial charge in [0.2, 0.25) is 0 Å². The first-order chi connectivity index (χ1) is 12.9. The van der Waals surface area contributed by atoms with Crippen molar-refractivity contribution in [2.75, 3.05) is 13.2 Å². The third-order valence-corrected chi connectivity index (χ3v) is 8.49. The van der Waals surface area contributed by atoms with Crippen molar-refractivity contribution in [2.45, 2.75) is 52.4 Å². The zero-order chi connectivity index (χ0) is 19.2. The van der Waals surface area contributed by atoms with Crippen molar-refractivity contribution in [1.29, 1.82) is 0 Å². The summed E-state index contributed by atoms with van der Waals surface area (Å²) < 4.78 is 5.22. The molecule has 6 nitrogen and oxygen atoms in total. The van der Waals surface area contributed by atoms with Crippen LogP contribution >= 0.6 is 0 Å². The third kappa shape index (κ3) is 2.73. The molecule has 6 heteroatoms. The molecule has 146 valence electrons. The van der Waals surface area contributed by atoms with Crippen molar-refractivity contribution in [3.05, 3.63) is 40.1 Å². The quantitative estimate of drug-likeness (QED) is 0.360. The van der Waals surface area contributed by atoms with Gasteiger partial charge in [0.15, 0.2) is 0 Å². The minimum absolute atomic E-state index is 0.0474. The molecule has 1 aromatic heterocycles. The van der Waals surface area contributed by atoms with E-state index in [9.17, 15) is 5.11 Å². The van der Waals surface area contributed by atoms with E-state index in [2.05, 4.69) is 35.6 Å². The fraction of sp³-hybridized carbons (Fsp3) is 0.762. The van der Waals surface area contributed by atoms with Gasteiger partial charge in [0.1, 0.15) is 6.26 Å². The number of aromatic nitrogens is 1. The molecule has 0 saturated heterocycles. The van der Waals surface area contributed by atoms with Crippen LogP contribution in [0.5, 0.6) is 0 Å². The van der Waals surface area contributed by atoms with Crippen LogP contribution in [-0.2, 0) is 12.8 Å². The highest BCUT2D eigenvalue weighted by atomic mass is 16.5. The Labute approximate surface area is 160 Å². The normalized spacial score (nSPS) is 40.9. The Morgan fingerprint density at radius 3 is 2.96 bits per heavy atom. The van der Waals surface area contributed by atoms with Crippen molar-refractivity contribution >= 4 is 0 Å². The Kier molecular flexibility index (Phi) is 4.59. The molecule has 4 rings (SSSR count). The average molecular weight is 370 g/mol. The van der Waals surface area contributed by atoms with Crippen LogP contribution in [0, 0.1) is 34.5 Å². The van der Waals surface area contributed by atoms with Gasteiger partial charge in [-0.1, -0.05) is 36.3 Å². The second-order valence-electron chi connectivity index (χ2n) is 9.44. The Bertz CT molecular complexity index is 783. The van der Waals surface area contributed by atoms with Crippen molar-refractivity contribution in [3.63, 3.8) is 0 Å². The minimum Gasteiger partial charge on any atom is -0.396 e. The lowest BCUT2D eigenvalue weighted by Crippen LogP contribution is -2.52. The number of allylic oxidation sites excluding steroid dienone is 1. The van der Waals surface area contributed by atoms with Gasteiger partial charge < -0.3 is 9.63 Å². The molecule has 0 aromatic carbocycles. The highest BCUT2D eigenvalue weighted by Gasteiger charge is 2.56. The van der Waals surface area contributed by atoms with Gasteiger partial charge in [-0.05, 0) is 78.6 Å². The van der Waals surface area contributed by atoms with Crippen LogP contribution < -0.4 is 0 Å². The summed E-state index contributed by atoms with van der Waals surface area (Å²) in [6.07, 6.45) is 7.85. The maximum Gasteiger partial charge on any atom is 0.127 e. The van der Waals surface area contributed by atoms with E-state index >= 15 is 0 Å². The molecule has 0 spiro atoms. The topological polar surface area (TPSA) is 95.0 Å². The second kappa shape index (κ2) is 6.68. The Morgan fingerprint density at radius 1 is 1.41 bits per heavy atom. The number of aliphatic hydroxyl groups is 1. The maximum absolute atomic E-state index is 10.2. The highest BCUT2D eigenvalue weighted by Crippen LogP contribution is 2.63. The van der Waals surface area contributed by atoms with E-state index < -0.39 is 0 Å². The summed E-state index contributed by atoms with van der Waals surface area (Å²) in [5.74, 6) is 1.41. The van der Waals surface area contributed by atoms with Crippen LogP contribution in [0.25, 0.3) is 10.4 Å². The molecule has 0 amide bonds. The van der Waals surface area contributed by atoms with Gasteiger partial charge in [0.25, 0.3) is 0 Å². The molecule has 27 heavy (non-hydrogen) atoms. The zero-order valence-corrected chi connectivity index (χ0v) is 16.4. The van der Waals surface area contributed by atoms with Crippen LogP contribution in [0.4, 0.5) is 0 Å². The average Bonchev–Trinajstić information content (AvgIpc) is 3.22. The molecule has 3 aliphatic carbocycles. The molecule has 1 N–H and O–H groups in total. The van der Waals surface area contributed by atoms with Crippen LogP contribution in [-0.4, -0.2) is 23.4 Å². The molecule has 6 atom stereocenters. The van der Waals surface area contributed by atoms with Gasteiger partial charge in [-0.3, -0.25) is 0 Å². The first kappa shape index (κ1) is 18.6. The summed E-state index contributed by atoms with van der Waals surface area (Å²) in [5.41, 5.74) is 12.6. The number of fused-ring (bicyclic) bond motifs is 2. The lowest BCUT2D eigenvalue weighted by atomic mass is 9.49. The Morgan fingerprint density at radius 2 is 2.22 bits per heavy atom. The summed E-state index contributed by atoms with van der Waals surface area (Å²) in [4.78, 5) is 3.08. The van der Waals surface area contributed by atoms with E-state index in [1.54, 1.807) is 6.26 Å². The molecular weight excluding hydrogens is 340 g/mol. The molecule has 0 bridgehead atoms. The first-order valence-corrected chi connectivity index (χ1v) is 10.2. The number of nitrogens with zero attached hydrogens (tertiary/aromatic N) is 4. The SMILES string of the molecule is C=C1CC[C@H]2[C@H](CN=[N+]=[N-])[C@@H]([C@@]3(C)Cc4conc4C[C@@H]3CO)CC[C@]12C. The zero-order valence-electron chi connectivity index (χ0n) is 16.4. The maximum atomic E-state index is 10.2. The standard InChI is InChI=1S/C21H30N4O2/c1-13-4-5-17-16(10-23-25-22)18(6-7-20(13,17)2)21(3)9-14-12-27-24-19(14)8-15(21)11-26/h12,15-18,26H,1,4-11H2,2-3H3/t15-,16+,17+,18+,20-,21+/m1/s1. The molecule has 0 radical (unpaired) electrons. The fourth-order valence-corrected chi connectivity index (χ4v) is 6.72. The molecule has 1 aromatic rings. The fourth-order valence-electron chi connectivity index (χ4n) is 6.72. The van der Waals surface area contributed by atoms with E-state index in [4.69, 9.17) is 10.1 Å². The minimum atomic E-state index is -0.0474. The van der Waals surface area contributed by atoms with Crippen LogP contribution in [0.2, 0.25) is 0 Å². The van der Waals surface area contributed by atoms with Crippen LogP contribution in [0.1, 0.15) is 50.8 Å². The predicted molar refractivity (Wildman–Crippen MR) is 103 cm³/mol. The highest BCUT2D eigenvalue weighted by molar-refractivity contribution is 5.25. The van der Waals surface area contributed by atoms with Gasteiger partial charge in [-0.15, -0.1) is 0 Å². The van der Waals surface area contributed by atoms with E-state index in [0.29, 0.717) is 24.3 Å². The number of rotatable bonds is 4.